The van der Waals surface area contributed by atoms with Crippen LogP contribution >= 0.6 is 15.9 Å². The molecule has 0 unspecified atom stereocenters. The van der Waals surface area contributed by atoms with Crippen LogP contribution in [0.3, 0.4) is 0 Å². The number of benzene rings is 1. The monoisotopic (exact) mass is 302 g/mol. The molecular formula is C11H6BrF3N2. The predicted octanol–water partition coefficient (Wildman–Crippen LogP) is 3.76. The third-order valence-corrected chi connectivity index (χ3v) is 3.33. The smallest absolute Gasteiger partial charge is 0.273 e. The molecule has 0 atom stereocenters. The van der Waals surface area contributed by atoms with Gasteiger partial charge in [-0.1, -0.05) is 22.0 Å². The van der Waals surface area contributed by atoms with E-state index in [4.69, 9.17) is 0 Å². The van der Waals surface area contributed by atoms with Crippen molar-refractivity contribution in [2.75, 3.05) is 0 Å². The molecule has 0 aliphatic heterocycles. The summed E-state index contributed by atoms with van der Waals surface area (Å²) in [5.74, 6) is 0. The molecule has 0 radical (unpaired) electrons. The summed E-state index contributed by atoms with van der Waals surface area (Å²) in [5, 5.41) is 5.86. The molecule has 1 aliphatic rings. The molecule has 0 fully saturated rings. The molecule has 1 aromatic heterocycles. The molecule has 0 saturated carbocycles. The molecule has 0 amide bonds. The Kier molecular flexibility index (Phi) is 2.13. The van der Waals surface area contributed by atoms with E-state index in [1.165, 1.54) is 0 Å². The number of hydrogen-bond acceptors (Lipinski definition) is 1. The molecule has 1 aliphatic carbocycles. The number of nitrogens with zero attached hydrogens (tertiary/aromatic N) is 1. The highest BCUT2D eigenvalue weighted by molar-refractivity contribution is 9.10. The Morgan fingerprint density at radius 3 is 2.76 bits per heavy atom. The van der Waals surface area contributed by atoms with Crippen molar-refractivity contribution in [1.82, 2.24) is 10.2 Å². The Morgan fingerprint density at radius 2 is 2.06 bits per heavy atom. The summed E-state index contributed by atoms with van der Waals surface area (Å²) in [5.41, 5.74) is 1.57. The maximum Gasteiger partial charge on any atom is 0.433 e. The average molecular weight is 303 g/mol. The molecule has 17 heavy (non-hydrogen) atoms. The summed E-state index contributed by atoms with van der Waals surface area (Å²) in [6.45, 7) is 0. The number of alkyl halides is 3. The summed E-state index contributed by atoms with van der Waals surface area (Å²) in [4.78, 5) is 0. The van der Waals surface area contributed by atoms with Gasteiger partial charge >= 0.3 is 6.18 Å². The summed E-state index contributed by atoms with van der Waals surface area (Å²) < 4.78 is 39.0. The van der Waals surface area contributed by atoms with Gasteiger partial charge in [0.15, 0.2) is 0 Å². The van der Waals surface area contributed by atoms with Crippen LogP contribution in [0, 0.1) is 0 Å². The second-order valence-electron chi connectivity index (χ2n) is 3.90. The summed E-state index contributed by atoms with van der Waals surface area (Å²) in [6.07, 6.45) is -4.10. The van der Waals surface area contributed by atoms with Gasteiger partial charge in [-0.05, 0) is 17.7 Å². The first-order chi connectivity index (χ1) is 7.97. The van der Waals surface area contributed by atoms with Crippen molar-refractivity contribution in [2.45, 2.75) is 12.6 Å². The minimum atomic E-state index is -4.38. The lowest BCUT2D eigenvalue weighted by molar-refractivity contribution is -0.141. The Balaban J connectivity index is 2.17. The number of H-pyrrole nitrogens is 1. The molecule has 1 aromatic carbocycles. The Bertz CT molecular complexity index is 601. The van der Waals surface area contributed by atoms with Crippen molar-refractivity contribution in [3.63, 3.8) is 0 Å². The number of aromatic nitrogens is 2. The number of aromatic amines is 1. The van der Waals surface area contributed by atoms with E-state index >= 15 is 0 Å². The lowest BCUT2D eigenvalue weighted by atomic mass is 10.1. The summed E-state index contributed by atoms with van der Waals surface area (Å²) in [7, 11) is 0. The summed E-state index contributed by atoms with van der Waals surface area (Å²) in [6, 6.07) is 5.42. The van der Waals surface area contributed by atoms with Gasteiger partial charge in [0.2, 0.25) is 0 Å². The molecule has 0 bridgehead atoms. The molecule has 2 aromatic rings. The van der Waals surface area contributed by atoms with Crippen molar-refractivity contribution in [3.05, 3.63) is 39.5 Å². The lowest BCUT2D eigenvalue weighted by Gasteiger charge is -2.04. The van der Waals surface area contributed by atoms with Gasteiger partial charge < -0.3 is 0 Å². The standard InChI is InChI=1S/C11H6BrF3N2/c12-6-1-2-7-5(3-6)4-8-9(7)16-17-10(8)11(13,14)15/h1-3H,4H2,(H,16,17). The van der Waals surface area contributed by atoms with Gasteiger partial charge in [0.25, 0.3) is 0 Å². The largest absolute Gasteiger partial charge is 0.433 e. The molecule has 88 valence electrons. The Morgan fingerprint density at radius 1 is 1.29 bits per heavy atom. The third kappa shape index (κ3) is 1.58. The highest BCUT2D eigenvalue weighted by atomic mass is 79.9. The normalized spacial score (nSPS) is 13.6. The van der Waals surface area contributed by atoms with Crippen molar-refractivity contribution in [3.8, 4) is 11.3 Å². The average Bonchev–Trinajstić information content (AvgIpc) is 2.72. The zero-order valence-electron chi connectivity index (χ0n) is 8.40. The Labute approximate surface area is 103 Å². The minimum Gasteiger partial charge on any atom is -0.273 e. The van der Waals surface area contributed by atoms with E-state index in [1.54, 1.807) is 12.1 Å². The minimum absolute atomic E-state index is 0.241. The van der Waals surface area contributed by atoms with Gasteiger partial charge in [-0.2, -0.15) is 18.3 Å². The van der Waals surface area contributed by atoms with Crippen molar-refractivity contribution in [1.29, 1.82) is 0 Å². The first-order valence-corrected chi connectivity index (χ1v) is 5.69. The zero-order chi connectivity index (χ0) is 12.2. The first kappa shape index (κ1) is 10.8. The van der Waals surface area contributed by atoms with E-state index < -0.39 is 11.9 Å². The molecule has 6 heteroatoms. The van der Waals surface area contributed by atoms with E-state index in [-0.39, 0.29) is 12.0 Å². The van der Waals surface area contributed by atoms with Crippen LogP contribution in [-0.4, -0.2) is 10.2 Å². The SMILES string of the molecule is FC(F)(F)c1[nH]nc2c1Cc1cc(Br)ccc1-2. The van der Waals surface area contributed by atoms with Gasteiger partial charge in [0.1, 0.15) is 5.69 Å². The van der Waals surface area contributed by atoms with Crippen LogP contribution < -0.4 is 0 Å². The molecule has 3 rings (SSSR count). The van der Waals surface area contributed by atoms with Crippen molar-refractivity contribution in [2.24, 2.45) is 0 Å². The van der Waals surface area contributed by atoms with E-state index in [2.05, 4.69) is 26.1 Å². The fourth-order valence-electron chi connectivity index (χ4n) is 2.12. The third-order valence-electron chi connectivity index (χ3n) is 2.84. The van der Waals surface area contributed by atoms with Crippen LogP contribution in [0.2, 0.25) is 0 Å². The molecular weight excluding hydrogens is 297 g/mol. The predicted molar refractivity (Wildman–Crippen MR) is 59.5 cm³/mol. The van der Waals surface area contributed by atoms with Crippen molar-refractivity contribution >= 4 is 15.9 Å². The molecule has 0 spiro atoms. The van der Waals surface area contributed by atoms with E-state index in [1.807, 2.05) is 6.07 Å². The van der Waals surface area contributed by atoms with Gasteiger partial charge in [-0.3, -0.25) is 5.10 Å². The van der Waals surface area contributed by atoms with Gasteiger partial charge in [-0.25, -0.2) is 0 Å². The van der Waals surface area contributed by atoms with Crippen molar-refractivity contribution < 1.29 is 13.2 Å². The fourth-order valence-corrected chi connectivity index (χ4v) is 2.53. The van der Waals surface area contributed by atoms with E-state index in [0.717, 1.165) is 15.6 Å². The zero-order valence-corrected chi connectivity index (χ0v) is 9.98. The van der Waals surface area contributed by atoms with Crippen LogP contribution in [0.25, 0.3) is 11.3 Å². The number of nitrogens with one attached hydrogen (secondary N) is 1. The topological polar surface area (TPSA) is 28.7 Å². The van der Waals surface area contributed by atoms with Crippen LogP contribution in [0.4, 0.5) is 13.2 Å². The maximum absolute atomic E-state index is 12.7. The van der Waals surface area contributed by atoms with E-state index in [0.29, 0.717) is 5.69 Å². The van der Waals surface area contributed by atoms with Crippen LogP contribution in [0.15, 0.2) is 22.7 Å². The first-order valence-electron chi connectivity index (χ1n) is 4.90. The van der Waals surface area contributed by atoms with Crippen LogP contribution in [0.5, 0.6) is 0 Å². The van der Waals surface area contributed by atoms with Crippen LogP contribution in [0.1, 0.15) is 16.8 Å². The number of rotatable bonds is 0. The number of hydrogen-bond donors (Lipinski definition) is 1. The highest BCUT2D eigenvalue weighted by Gasteiger charge is 2.39. The molecule has 0 saturated heterocycles. The molecule has 1 heterocycles. The number of fused-ring (bicyclic) bond motifs is 3. The van der Waals surface area contributed by atoms with Gasteiger partial charge in [-0.15, -0.1) is 0 Å². The Hall–Kier alpha value is -1.30. The second-order valence-corrected chi connectivity index (χ2v) is 4.82. The lowest BCUT2D eigenvalue weighted by Crippen LogP contribution is -2.08. The summed E-state index contributed by atoms with van der Waals surface area (Å²) >= 11 is 3.31. The molecule has 1 N–H and O–H groups in total. The number of halogens is 4. The molecule has 2 nitrogen and oxygen atoms in total. The van der Waals surface area contributed by atoms with Gasteiger partial charge in [0.05, 0.1) is 5.69 Å². The fraction of sp³-hybridized carbons (Fsp3) is 0.182. The maximum atomic E-state index is 12.7. The van der Waals surface area contributed by atoms with Crippen LogP contribution in [-0.2, 0) is 12.6 Å². The highest BCUT2D eigenvalue weighted by Crippen LogP contribution is 2.42. The second kappa shape index (κ2) is 3.35. The quantitative estimate of drug-likeness (QED) is 0.673. The van der Waals surface area contributed by atoms with E-state index in [9.17, 15) is 13.2 Å². The van der Waals surface area contributed by atoms with Gasteiger partial charge in [0, 0.05) is 22.0 Å².